The summed E-state index contributed by atoms with van der Waals surface area (Å²) in [5, 5.41) is 2.93. The normalized spacial score (nSPS) is 10.4. The Kier molecular flexibility index (Phi) is 4.90. The maximum absolute atomic E-state index is 13.3. The number of halogens is 2. The molecular weight excluding hydrogens is 244 g/mol. The highest BCUT2D eigenvalue weighted by Crippen LogP contribution is 2.15. The monoisotopic (exact) mass is 261 g/mol. The van der Waals surface area contributed by atoms with Gasteiger partial charge in [-0.2, -0.15) is 0 Å². The van der Waals surface area contributed by atoms with Crippen LogP contribution in [0.5, 0.6) is 0 Å². The molecule has 0 heterocycles. The maximum atomic E-state index is 13.3. The Morgan fingerprint density at radius 2 is 1.68 bits per heavy atom. The highest BCUT2D eigenvalue weighted by molar-refractivity contribution is 5.44. The van der Waals surface area contributed by atoms with E-state index in [9.17, 15) is 8.78 Å². The molecule has 0 aromatic heterocycles. The summed E-state index contributed by atoms with van der Waals surface area (Å²) in [4.78, 5) is 0. The van der Waals surface area contributed by atoms with Gasteiger partial charge in [0.2, 0.25) is 0 Å². The number of hydrogen-bond acceptors (Lipinski definition) is 1. The zero-order valence-electron chi connectivity index (χ0n) is 10.7. The zero-order chi connectivity index (χ0) is 13.5. The smallest absolute Gasteiger partial charge is 0.146 e. The van der Waals surface area contributed by atoms with E-state index in [0.29, 0.717) is 6.54 Å². The minimum Gasteiger partial charge on any atom is -0.383 e. The topological polar surface area (TPSA) is 12.0 Å². The Hall–Kier alpha value is -1.90. The summed E-state index contributed by atoms with van der Waals surface area (Å²) in [6.45, 7) is 0.646. The molecule has 19 heavy (non-hydrogen) atoms. The molecule has 0 saturated heterocycles. The number of unbranched alkanes of at least 4 members (excludes halogenated alkanes) is 1. The fourth-order valence-electron chi connectivity index (χ4n) is 1.95. The molecule has 2 aromatic rings. The molecule has 0 bridgehead atoms. The predicted octanol–water partition coefficient (Wildman–Crippen LogP) is 4.40. The number of nitrogens with one attached hydrogen (secondary N) is 1. The van der Waals surface area contributed by atoms with Crippen LogP contribution in [0.3, 0.4) is 0 Å². The van der Waals surface area contributed by atoms with Crippen LogP contribution in [-0.4, -0.2) is 6.54 Å². The van der Waals surface area contributed by atoms with Gasteiger partial charge < -0.3 is 5.32 Å². The molecule has 0 unspecified atom stereocenters. The fraction of sp³-hybridized carbons (Fsp3) is 0.250. The highest BCUT2D eigenvalue weighted by atomic mass is 19.1. The van der Waals surface area contributed by atoms with Crippen LogP contribution >= 0.6 is 0 Å². The summed E-state index contributed by atoms with van der Waals surface area (Å²) in [6.07, 6.45) is 2.95. The Morgan fingerprint density at radius 3 is 2.47 bits per heavy atom. The molecule has 0 saturated carbocycles. The Labute approximate surface area is 112 Å². The predicted molar refractivity (Wildman–Crippen MR) is 74.2 cm³/mol. The van der Waals surface area contributed by atoms with E-state index in [2.05, 4.69) is 17.4 Å². The highest BCUT2D eigenvalue weighted by Gasteiger charge is 2.02. The van der Waals surface area contributed by atoms with Crippen LogP contribution in [0.2, 0.25) is 0 Å². The summed E-state index contributed by atoms with van der Waals surface area (Å²) >= 11 is 0. The average molecular weight is 261 g/mol. The molecule has 3 heteroatoms. The third kappa shape index (κ3) is 4.36. The van der Waals surface area contributed by atoms with Gasteiger partial charge in [-0.05, 0) is 43.0 Å². The minimum atomic E-state index is -0.423. The zero-order valence-corrected chi connectivity index (χ0v) is 10.7. The molecule has 100 valence electrons. The van der Waals surface area contributed by atoms with Gasteiger partial charge in [0.1, 0.15) is 11.6 Å². The third-order valence-corrected chi connectivity index (χ3v) is 2.98. The van der Waals surface area contributed by atoms with Crippen molar-refractivity contribution in [3.63, 3.8) is 0 Å². The molecule has 0 aliphatic carbocycles. The van der Waals surface area contributed by atoms with Gasteiger partial charge in [0.15, 0.2) is 0 Å². The fourth-order valence-corrected chi connectivity index (χ4v) is 1.95. The van der Waals surface area contributed by atoms with E-state index in [-0.39, 0.29) is 5.69 Å². The number of aryl methyl sites for hydroxylation is 1. The van der Waals surface area contributed by atoms with E-state index in [1.807, 2.05) is 18.2 Å². The first-order valence-electron chi connectivity index (χ1n) is 6.48. The number of hydrogen-bond donors (Lipinski definition) is 1. The van der Waals surface area contributed by atoms with Crippen molar-refractivity contribution in [3.05, 3.63) is 65.7 Å². The lowest BCUT2D eigenvalue weighted by Gasteiger charge is -2.07. The number of benzene rings is 2. The number of anilines is 1. The van der Waals surface area contributed by atoms with Gasteiger partial charge in [0.25, 0.3) is 0 Å². The van der Waals surface area contributed by atoms with E-state index in [1.54, 1.807) is 0 Å². The van der Waals surface area contributed by atoms with Crippen LogP contribution in [0.15, 0.2) is 48.5 Å². The van der Waals surface area contributed by atoms with Crippen LogP contribution < -0.4 is 5.32 Å². The van der Waals surface area contributed by atoms with E-state index in [0.717, 1.165) is 31.4 Å². The average Bonchev–Trinajstić information content (AvgIpc) is 2.43. The molecule has 0 aliphatic rings. The van der Waals surface area contributed by atoms with Crippen LogP contribution in [0.1, 0.15) is 18.4 Å². The second-order valence-corrected chi connectivity index (χ2v) is 4.49. The van der Waals surface area contributed by atoms with Crippen molar-refractivity contribution < 1.29 is 8.78 Å². The van der Waals surface area contributed by atoms with Crippen LogP contribution in [0.4, 0.5) is 14.5 Å². The van der Waals surface area contributed by atoms with E-state index >= 15 is 0 Å². The van der Waals surface area contributed by atoms with Gasteiger partial charge in [-0.15, -0.1) is 0 Å². The Balaban J connectivity index is 1.71. The Morgan fingerprint density at radius 1 is 0.895 bits per heavy atom. The van der Waals surface area contributed by atoms with Crippen molar-refractivity contribution >= 4 is 5.69 Å². The van der Waals surface area contributed by atoms with Crippen molar-refractivity contribution in [2.24, 2.45) is 0 Å². The summed E-state index contributed by atoms with van der Waals surface area (Å²) < 4.78 is 26.3. The molecule has 2 aromatic carbocycles. The van der Waals surface area contributed by atoms with E-state index in [1.165, 1.54) is 11.6 Å². The molecule has 0 atom stereocenters. The lowest BCUT2D eigenvalue weighted by molar-refractivity contribution is 0.601. The Bertz CT molecular complexity index is 511. The molecular formula is C16H17F2N. The van der Waals surface area contributed by atoms with Crippen molar-refractivity contribution in [2.45, 2.75) is 19.3 Å². The second-order valence-electron chi connectivity index (χ2n) is 4.49. The SMILES string of the molecule is Fc1ccc(F)c(NCCCCc2ccccc2)c1. The van der Waals surface area contributed by atoms with E-state index < -0.39 is 11.6 Å². The van der Waals surface area contributed by atoms with Gasteiger partial charge in [-0.3, -0.25) is 0 Å². The first kappa shape index (κ1) is 13.5. The van der Waals surface area contributed by atoms with Gasteiger partial charge in [0, 0.05) is 6.54 Å². The van der Waals surface area contributed by atoms with Gasteiger partial charge in [-0.1, -0.05) is 30.3 Å². The summed E-state index contributed by atoms with van der Waals surface area (Å²) in [5.74, 6) is -0.836. The molecule has 2 rings (SSSR count). The van der Waals surface area contributed by atoms with E-state index in [4.69, 9.17) is 0 Å². The molecule has 0 fully saturated rings. The summed E-state index contributed by atoms with van der Waals surface area (Å²) in [6, 6.07) is 13.7. The van der Waals surface area contributed by atoms with Crippen molar-refractivity contribution in [2.75, 3.05) is 11.9 Å². The van der Waals surface area contributed by atoms with Crippen LogP contribution in [-0.2, 0) is 6.42 Å². The molecule has 1 N–H and O–H groups in total. The van der Waals surface area contributed by atoms with Crippen molar-refractivity contribution in [1.29, 1.82) is 0 Å². The summed E-state index contributed by atoms with van der Waals surface area (Å²) in [5.41, 5.74) is 1.54. The molecule has 0 spiro atoms. The van der Waals surface area contributed by atoms with Crippen LogP contribution in [0, 0.1) is 11.6 Å². The largest absolute Gasteiger partial charge is 0.383 e. The second kappa shape index (κ2) is 6.88. The number of rotatable bonds is 6. The third-order valence-electron chi connectivity index (χ3n) is 2.98. The molecule has 0 radical (unpaired) electrons. The van der Waals surface area contributed by atoms with Crippen molar-refractivity contribution in [3.8, 4) is 0 Å². The lowest BCUT2D eigenvalue weighted by atomic mass is 10.1. The van der Waals surface area contributed by atoms with Gasteiger partial charge in [0.05, 0.1) is 5.69 Å². The van der Waals surface area contributed by atoms with Crippen LogP contribution in [0.25, 0.3) is 0 Å². The maximum Gasteiger partial charge on any atom is 0.146 e. The van der Waals surface area contributed by atoms with Crippen molar-refractivity contribution in [1.82, 2.24) is 0 Å². The molecule has 1 nitrogen and oxygen atoms in total. The van der Waals surface area contributed by atoms with Gasteiger partial charge >= 0.3 is 0 Å². The minimum absolute atomic E-state index is 0.236. The molecule has 0 amide bonds. The summed E-state index contributed by atoms with van der Waals surface area (Å²) in [7, 11) is 0. The first-order valence-corrected chi connectivity index (χ1v) is 6.48. The standard InChI is InChI=1S/C16H17F2N/c17-14-9-10-15(18)16(12-14)19-11-5-4-8-13-6-2-1-3-7-13/h1-3,6-7,9-10,12,19H,4-5,8,11H2. The quantitative estimate of drug-likeness (QED) is 0.760. The molecule has 0 aliphatic heterocycles. The first-order chi connectivity index (χ1) is 9.25. The lowest BCUT2D eigenvalue weighted by Crippen LogP contribution is -2.04. The van der Waals surface area contributed by atoms with Gasteiger partial charge in [-0.25, -0.2) is 8.78 Å².